The molecule has 0 atom stereocenters. The highest BCUT2D eigenvalue weighted by molar-refractivity contribution is 8.15. The molecule has 3 N–H and O–H groups in total. The maximum atomic E-state index is 13.0. The highest BCUT2D eigenvalue weighted by Crippen LogP contribution is 2.32. The van der Waals surface area contributed by atoms with Crippen molar-refractivity contribution >= 4 is 33.4 Å². The van der Waals surface area contributed by atoms with Gasteiger partial charge in [0.1, 0.15) is 10.6 Å². The number of benzene rings is 1. The predicted molar refractivity (Wildman–Crippen MR) is 127 cm³/mol. The molecule has 0 aliphatic heterocycles. The van der Waals surface area contributed by atoms with Crippen molar-refractivity contribution in [2.45, 2.75) is 75.5 Å². The van der Waals surface area contributed by atoms with Crippen LogP contribution in [0.1, 0.15) is 52.0 Å². The molecule has 1 saturated carbocycles. The summed E-state index contributed by atoms with van der Waals surface area (Å²) in [7, 11) is -4.35. The number of aliphatic imine (C=N–C) groups is 1. The summed E-state index contributed by atoms with van der Waals surface area (Å²) in [4.78, 5) is 3.99. The van der Waals surface area contributed by atoms with Crippen LogP contribution >= 0.6 is 11.8 Å². The Morgan fingerprint density at radius 3 is 2.44 bits per heavy atom. The molecule has 0 radical (unpaired) electrons. The largest absolute Gasteiger partial charge is 0.573 e. The van der Waals surface area contributed by atoms with Crippen molar-refractivity contribution in [2.24, 2.45) is 4.99 Å². The number of sulfonamides is 1. The van der Waals surface area contributed by atoms with E-state index in [0.29, 0.717) is 41.8 Å². The summed E-state index contributed by atoms with van der Waals surface area (Å²) >= 11 is 1.11. The number of nitrogens with zero attached hydrogens (tertiary/aromatic N) is 1. The Balaban J connectivity index is 2.31. The molecule has 0 saturated heterocycles. The number of aliphatic hydroxyl groups excluding tert-OH is 1. The molecular weight excluding hydrogens is 493 g/mol. The number of rotatable bonds is 9. The summed E-state index contributed by atoms with van der Waals surface area (Å²) in [6.07, 6.45) is -2.55. The number of nitrogens with one attached hydrogen (secondary N) is 1. The molecule has 0 heterocycles. The number of alkyl halides is 3. The second-order valence-electron chi connectivity index (χ2n) is 8.50. The lowest BCUT2D eigenvalue weighted by atomic mass is 9.94. The number of allylic oxidation sites excluding steroid dienone is 1. The Labute approximate surface area is 201 Å². The third-order valence-electron chi connectivity index (χ3n) is 5.01. The highest BCUT2D eigenvalue weighted by Gasteiger charge is 2.35. The van der Waals surface area contributed by atoms with Crippen molar-refractivity contribution in [1.82, 2.24) is 4.72 Å². The normalized spacial score (nSPS) is 20.5. The van der Waals surface area contributed by atoms with Crippen molar-refractivity contribution < 1.29 is 36.5 Å². The Morgan fingerprint density at radius 1 is 1.26 bits per heavy atom. The summed E-state index contributed by atoms with van der Waals surface area (Å²) in [5.41, 5.74) is 1.09. The minimum atomic E-state index is -5.07. The van der Waals surface area contributed by atoms with Gasteiger partial charge < -0.3 is 14.9 Å². The van der Waals surface area contributed by atoms with Gasteiger partial charge in [0, 0.05) is 16.6 Å². The van der Waals surface area contributed by atoms with Crippen LogP contribution < -0.4 is 9.46 Å². The number of halogens is 3. The fourth-order valence-corrected chi connectivity index (χ4v) is 5.21. The molecule has 0 amide bonds. The third kappa shape index (κ3) is 9.06. The summed E-state index contributed by atoms with van der Waals surface area (Å²) in [6.45, 7) is 8.53. The van der Waals surface area contributed by atoms with Crippen LogP contribution in [-0.4, -0.2) is 48.3 Å². The molecule has 190 valence electrons. The fraction of sp³-hybridized carbons (Fsp3) is 0.500. The standard InChI is InChI=1S/C22H29F3N2O5S2/c1-14(26-13-33-15(2)21(3,4)29)11-16-5-10-19(32-22(23,24)25)20(12-16)34(30,31)27-17-6-8-18(28)9-7-17/h5,10-13,17-18,27-29H,2,6-9H2,1,3-4H3/b14-11+,26-13+/t17-,18+. The van der Waals surface area contributed by atoms with E-state index in [-0.39, 0.29) is 0 Å². The molecule has 1 aliphatic rings. The van der Waals surface area contributed by atoms with Gasteiger partial charge in [-0.2, -0.15) is 0 Å². The van der Waals surface area contributed by atoms with E-state index in [0.717, 1.165) is 23.9 Å². The first-order valence-electron chi connectivity index (χ1n) is 10.5. The number of hydrogen-bond donors (Lipinski definition) is 3. The lowest BCUT2D eigenvalue weighted by molar-refractivity contribution is -0.275. The zero-order valence-corrected chi connectivity index (χ0v) is 20.7. The molecule has 12 heteroatoms. The molecule has 1 fully saturated rings. The highest BCUT2D eigenvalue weighted by atomic mass is 32.2. The maximum absolute atomic E-state index is 13.0. The van der Waals surface area contributed by atoms with E-state index in [9.17, 15) is 31.8 Å². The monoisotopic (exact) mass is 522 g/mol. The summed E-state index contributed by atoms with van der Waals surface area (Å²) < 4.78 is 71.0. The Morgan fingerprint density at radius 2 is 1.88 bits per heavy atom. The molecule has 2 rings (SSSR count). The first kappa shape index (κ1) is 28.4. The topological polar surface area (TPSA) is 108 Å². The molecule has 0 bridgehead atoms. The van der Waals surface area contributed by atoms with E-state index < -0.39 is 44.8 Å². The molecule has 0 aromatic heterocycles. The van der Waals surface area contributed by atoms with E-state index in [1.165, 1.54) is 17.7 Å². The number of ether oxygens (including phenoxy) is 1. The third-order valence-corrected chi connectivity index (χ3v) is 7.55. The summed E-state index contributed by atoms with van der Waals surface area (Å²) in [6, 6.07) is 2.82. The van der Waals surface area contributed by atoms with Gasteiger partial charge in [-0.3, -0.25) is 4.99 Å². The zero-order valence-electron chi connectivity index (χ0n) is 19.1. The van der Waals surface area contributed by atoms with Crippen LogP contribution in [0.5, 0.6) is 5.75 Å². The van der Waals surface area contributed by atoms with E-state index >= 15 is 0 Å². The Kier molecular flexibility index (Phi) is 9.39. The van der Waals surface area contributed by atoms with Crippen molar-refractivity contribution in [3.8, 4) is 5.75 Å². The van der Waals surface area contributed by atoms with Crippen molar-refractivity contribution in [2.75, 3.05) is 0 Å². The quantitative estimate of drug-likeness (QED) is 0.324. The van der Waals surface area contributed by atoms with Crippen molar-refractivity contribution in [3.63, 3.8) is 0 Å². The first-order chi connectivity index (χ1) is 15.6. The van der Waals surface area contributed by atoms with E-state index in [1.807, 2.05) is 0 Å². The second-order valence-corrected chi connectivity index (χ2v) is 11.1. The molecular formula is C22H29F3N2O5S2. The zero-order chi connectivity index (χ0) is 25.7. The van der Waals surface area contributed by atoms with Gasteiger partial charge in [-0.1, -0.05) is 24.4 Å². The molecule has 7 nitrogen and oxygen atoms in total. The first-order valence-corrected chi connectivity index (χ1v) is 12.8. The van der Waals surface area contributed by atoms with Gasteiger partial charge in [-0.25, -0.2) is 13.1 Å². The lowest BCUT2D eigenvalue weighted by Crippen LogP contribution is -2.38. The fourth-order valence-electron chi connectivity index (χ4n) is 3.11. The van der Waals surface area contributed by atoms with Crippen LogP contribution in [0, 0.1) is 0 Å². The van der Waals surface area contributed by atoms with Crippen LogP contribution in [0.15, 0.2) is 45.3 Å². The lowest BCUT2D eigenvalue weighted by Gasteiger charge is -2.26. The smallest absolute Gasteiger partial charge is 0.404 e. The summed E-state index contributed by atoms with van der Waals surface area (Å²) in [5.74, 6) is -0.841. The van der Waals surface area contributed by atoms with Crippen LogP contribution in [-0.2, 0) is 10.0 Å². The number of aliphatic hydroxyl groups is 2. The Hall–Kier alpha value is -1.86. The average Bonchev–Trinajstić information content (AvgIpc) is 2.68. The molecule has 1 aliphatic carbocycles. The van der Waals surface area contributed by atoms with Gasteiger partial charge in [0.05, 0.1) is 17.3 Å². The van der Waals surface area contributed by atoms with Crippen LogP contribution in [0.2, 0.25) is 0 Å². The molecule has 0 unspecified atom stereocenters. The van der Waals surface area contributed by atoms with E-state index in [2.05, 4.69) is 21.0 Å². The van der Waals surface area contributed by atoms with Crippen LogP contribution in [0.4, 0.5) is 13.2 Å². The van der Waals surface area contributed by atoms with Crippen molar-refractivity contribution in [3.05, 3.63) is 40.9 Å². The molecule has 34 heavy (non-hydrogen) atoms. The SMILES string of the molecule is C=C(S/C=N/C(C)=C/c1ccc(OC(F)(F)F)c(S(=O)(=O)N[C@H]2CC[C@@H](O)CC2)c1)C(C)(C)O. The molecule has 1 aromatic rings. The summed E-state index contributed by atoms with van der Waals surface area (Å²) in [5, 5.41) is 19.5. The predicted octanol–water partition coefficient (Wildman–Crippen LogP) is 4.57. The van der Waals surface area contributed by atoms with E-state index in [4.69, 9.17) is 0 Å². The Bertz CT molecular complexity index is 1040. The second kappa shape index (κ2) is 11.3. The van der Waals surface area contributed by atoms with Gasteiger partial charge in [-0.15, -0.1) is 13.2 Å². The minimum Gasteiger partial charge on any atom is -0.404 e. The molecule has 1 aromatic carbocycles. The van der Waals surface area contributed by atoms with Crippen LogP contribution in [0.25, 0.3) is 6.08 Å². The van der Waals surface area contributed by atoms with Crippen LogP contribution in [0.3, 0.4) is 0 Å². The maximum Gasteiger partial charge on any atom is 0.573 e. The van der Waals surface area contributed by atoms with Crippen molar-refractivity contribution in [1.29, 1.82) is 0 Å². The van der Waals surface area contributed by atoms with E-state index in [1.54, 1.807) is 20.8 Å². The van der Waals surface area contributed by atoms with Gasteiger partial charge in [-0.05, 0) is 70.2 Å². The number of thioether (sulfide) groups is 1. The average molecular weight is 523 g/mol. The van der Waals surface area contributed by atoms with Gasteiger partial charge in [0.15, 0.2) is 0 Å². The van der Waals surface area contributed by atoms with Gasteiger partial charge >= 0.3 is 6.36 Å². The minimum absolute atomic E-state index is 0.301. The van der Waals surface area contributed by atoms with Gasteiger partial charge in [0.2, 0.25) is 10.0 Å². The molecule has 0 spiro atoms. The number of hydrogen-bond acceptors (Lipinski definition) is 7. The van der Waals surface area contributed by atoms with Gasteiger partial charge in [0.25, 0.3) is 0 Å².